The van der Waals surface area contributed by atoms with Crippen LogP contribution in [0.5, 0.6) is 0 Å². The van der Waals surface area contributed by atoms with Gasteiger partial charge < -0.3 is 4.90 Å². The van der Waals surface area contributed by atoms with E-state index in [0.717, 1.165) is 31.9 Å². The van der Waals surface area contributed by atoms with E-state index in [1.165, 1.54) is 5.69 Å². The van der Waals surface area contributed by atoms with Gasteiger partial charge in [0.25, 0.3) is 0 Å². The smallest absolute Gasteiger partial charge is 0.0704 e. The molecule has 1 unspecified atom stereocenters. The number of piperazine rings is 1. The van der Waals surface area contributed by atoms with E-state index in [-0.39, 0.29) is 6.04 Å². The van der Waals surface area contributed by atoms with Gasteiger partial charge in [-0.25, -0.2) is 0 Å². The number of hydrogen-bond donors (Lipinski definition) is 0. The number of hydrogen-bond acceptors (Lipinski definition) is 3. The molecule has 1 aromatic carbocycles. The van der Waals surface area contributed by atoms with Gasteiger partial charge in [-0.3, -0.25) is 9.88 Å². The minimum absolute atomic E-state index is 0.212. The highest BCUT2D eigenvalue weighted by Crippen LogP contribution is 2.23. The summed E-state index contributed by atoms with van der Waals surface area (Å²) in [6, 6.07) is 16.9. The van der Waals surface area contributed by atoms with Gasteiger partial charge in [0.05, 0.1) is 11.7 Å². The van der Waals surface area contributed by atoms with E-state index in [1.807, 2.05) is 24.4 Å². The monoisotopic (exact) mass is 279 g/mol. The van der Waals surface area contributed by atoms with Crippen LogP contribution in [-0.4, -0.2) is 36.1 Å². The van der Waals surface area contributed by atoms with Gasteiger partial charge in [-0.05, 0) is 24.3 Å². The topological polar surface area (TPSA) is 19.4 Å². The number of nitrogens with zero attached hydrogens (tertiary/aromatic N) is 3. The van der Waals surface area contributed by atoms with Gasteiger partial charge in [-0.15, -0.1) is 6.58 Å². The van der Waals surface area contributed by atoms with Crippen molar-refractivity contribution in [1.29, 1.82) is 0 Å². The Morgan fingerprint density at radius 3 is 2.29 bits per heavy atom. The highest BCUT2D eigenvalue weighted by molar-refractivity contribution is 5.46. The maximum absolute atomic E-state index is 4.48. The quantitative estimate of drug-likeness (QED) is 0.802. The average molecular weight is 279 g/mol. The predicted molar refractivity (Wildman–Crippen MR) is 87.4 cm³/mol. The number of anilines is 1. The molecule has 0 bridgehead atoms. The largest absolute Gasteiger partial charge is 0.369 e. The molecule has 1 aliphatic heterocycles. The summed E-state index contributed by atoms with van der Waals surface area (Å²) in [7, 11) is 0. The van der Waals surface area contributed by atoms with Crippen LogP contribution in [0, 0.1) is 0 Å². The predicted octanol–water partition coefficient (Wildman–Crippen LogP) is 3.13. The second-order valence-electron chi connectivity index (χ2n) is 5.29. The van der Waals surface area contributed by atoms with Crippen molar-refractivity contribution < 1.29 is 0 Å². The molecule has 108 valence electrons. The lowest BCUT2D eigenvalue weighted by atomic mass is 10.1. The summed E-state index contributed by atoms with van der Waals surface area (Å²) in [6.07, 6.45) is 3.85. The minimum Gasteiger partial charge on any atom is -0.369 e. The Morgan fingerprint density at radius 2 is 1.67 bits per heavy atom. The minimum atomic E-state index is 0.212. The third-order valence-corrected chi connectivity index (χ3v) is 4.04. The lowest BCUT2D eigenvalue weighted by Crippen LogP contribution is -2.47. The van der Waals surface area contributed by atoms with E-state index in [2.05, 4.69) is 57.8 Å². The Bertz CT molecular complexity index is 560. The molecule has 2 aromatic rings. The van der Waals surface area contributed by atoms with Gasteiger partial charge in [0.2, 0.25) is 0 Å². The molecular weight excluding hydrogens is 258 g/mol. The molecular formula is C18H21N3. The van der Waals surface area contributed by atoms with Gasteiger partial charge in [-0.2, -0.15) is 0 Å². The summed E-state index contributed by atoms with van der Waals surface area (Å²) in [4.78, 5) is 9.37. The first-order chi connectivity index (χ1) is 10.4. The van der Waals surface area contributed by atoms with Crippen LogP contribution in [0.15, 0.2) is 67.4 Å². The molecule has 3 nitrogen and oxygen atoms in total. The lowest BCUT2D eigenvalue weighted by molar-refractivity contribution is 0.215. The molecule has 0 radical (unpaired) electrons. The number of aromatic nitrogens is 1. The van der Waals surface area contributed by atoms with Crippen LogP contribution in [0.25, 0.3) is 0 Å². The fraction of sp³-hybridized carbons (Fsp3) is 0.278. The number of benzene rings is 1. The second kappa shape index (κ2) is 6.55. The van der Waals surface area contributed by atoms with Crippen molar-refractivity contribution >= 4 is 5.69 Å². The van der Waals surface area contributed by atoms with Gasteiger partial charge >= 0.3 is 0 Å². The van der Waals surface area contributed by atoms with Crippen LogP contribution >= 0.6 is 0 Å². The number of rotatable bonds is 4. The van der Waals surface area contributed by atoms with Crippen LogP contribution in [0.3, 0.4) is 0 Å². The SMILES string of the molecule is C=CC(c1ccccn1)N1CCN(c2ccccc2)CC1. The molecule has 1 atom stereocenters. The summed E-state index contributed by atoms with van der Waals surface area (Å²) in [6.45, 7) is 8.14. The van der Waals surface area contributed by atoms with E-state index in [0.29, 0.717) is 0 Å². The Hall–Kier alpha value is -2.13. The third kappa shape index (κ3) is 3.14. The van der Waals surface area contributed by atoms with Crippen LogP contribution < -0.4 is 4.90 Å². The van der Waals surface area contributed by atoms with E-state index in [9.17, 15) is 0 Å². The molecule has 0 N–H and O–H groups in total. The maximum atomic E-state index is 4.48. The van der Waals surface area contributed by atoms with Gasteiger partial charge in [0, 0.05) is 38.1 Å². The molecule has 3 rings (SSSR count). The molecule has 0 aliphatic carbocycles. The van der Waals surface area contributed by atoms with Crippen LogP contribution in [0.1, 0.15) is 11.7 Å². The first-order valence-electron chi connectivity index (χ1n) is 7.46. The fourth-order valence-electron chi connectivity index (χ4n) is 2.90. The zero-order valence-electron chi connectivity index (χ0n) is 12.2. The van der Waals surface area contributed by atoms with E-state index in [1.54, 1.807) is 0 Å². The molecule has 0 amide bonds. The molecule has 1 saturated heterocycles. The highest BCUT2D eigenvalue weighted by Gasteiger charge is 2.23. The molecule has 3 heteroatoms. The zero-order chi connectivity index (χ0) is 14.5. The van der Waals surface area contributed by atoms with Crippen LogP contribution in [-0.2, 0) is 0 Å². The zero-order valence-corrected chi connectivity index (χ0v) is 12.2. The standard InChI is InChI=1S/C18H21N3/c1-2-18(17-10-6-7-11-19-17)21-14-12-20(13-15-21)16-8-4-3-5-9-16/h2-11,18H,1,12-15H2. The fourth-order valence-corrected chi connectivity index (χ4v) is 2.90. The van der Waals surface area contributed by atoms with Crippen molar-refractivity contribution in [2.24, 2.45) is 0 Å². The van der Waals surface area contributed by atoms with Crippen LogP contribution in [0.2, 0.25) is 0 Å². The van der Waals surface area contributed by atoms with Gasteiger partial charge in [0.15, 0.2) is 0 Å². The Labute approximate surface area is 126 Å². The first kappa shape index (κ1) is 13.8. The van der Waals surface area contributed by atoms with Gasteiger partial charge in [0.1, 0.15) is 0 Å². The third-order valence-electron chi connectivity index (χ3n) is 4.04. The van der Waals surface area contributed by atoms with Crippen molar-refractivity contribution in [2.45, 2.75) is 6.04 Å². The molecule has 0 spiro atoms. The maximum Gasteiger partial charge on any atom is 0.0704 e. The number of para-hydroxylation sites is 1. The van der Waals surface area contributed by atoms with Crippen molar-refractivity contribution in [3.8, 4) is 0 Å². The van der Waals surface area contributed by atoms with Gasteiger partial charge in [-0.1, -0.05) is 30.3 Å². The highest BCUT2D eigenvalue weighted by atomic mass is 15.3. The number of pyridine rings is 1. The molecule has 1 fully saturated rings. The molecule has 1 aromatic heterocycles. The summed E-state index contributed by atoms with van der Waals surface area (Å²) < 4.78 is 0. The molecule has 0 saturated carbocycles. The summed E-state index contributed by atoms with van der Waals surface area (Å²) in [5.41, 5.74) is 2.39. The van der Waals surface area contributed by atoms with Crippen molar-refractivity contribution in [1.82, 2.24) is 9.88 Å². The second-order valence-corrected chi connectivity index (χ2v) is 5.29. The summed E-state index contributed by atoms with van der Waals surface area (Å²) in [5, 5.41) is 0. The van der Waals surface area contributed by atoms with E-state index in [4.69, 9.17) is 0 Å². The average Bonchev–Trinajstić information content (AvgIpc) is 2.58. The first-order valence-corrected chi connectivity index (χ1v) is 7.46. The van der Waals surface area contributed by atoms with Crippen molar-refractivity contribution in [3.63, 3.8) is 0 Å². The summed E-state index contributed by atoms with van der Waals surface area (Å²) >= 11 is 0. The Balaban J connectivity index is 1.66. The van der Waals surface area contributed by atoms with Crippen LogP contribution in [0.4, 0.5) is 5.69 Å². The molecule has 21 heavy (non-hydrogen) atoms. The lowest BCUT2D eigenvalue weighted by Gasteiger charge is -2.39. The summed E-state index contributed by atoms with van der Waals surface area (Å²) in [5.74, 6) is 0. The normalized spacial score (nSPS) is 17.4. The van der Waals surface area contributed by atoms with Crippen molar-refractivity contribution in [2.75, 3.05) is 31.1 Å². The molecule has 2 heterocycles. The van der Waals surface area contributed by atoms with E-state index >= 15 is 0 Å². The van der Waals surface area contributed by atoms with Crippen molar-refractivity contribution in [3.05, 3.63) is 73.1 Å². The Kier molecular flexibility index (Phi) is 4.31. The Morgan fingerprint density at radius 1 is 0.952 bits per heavy atom. The van der Waals surface area contributed by atoms with E-state index < -0.39 is 0 Å². The molecule has 1 aliphatic rings.